The van der Waals surface area contributed by atoms with Gasteiger partial charge in [-0.1, -0.05) is 109 Å². The van der Waals surface area contributed by atoms with Crippen molar-refractivity contribution in [2.45, 2.75) is 38.9 Å². The maximum absolute atomic E-state index is 13.0. The second-order valence-electron chi connectivity index (χ2n) is 12.0. The van der Waals surface area contributed by atoms with Crippen LogP contribution in [-0.4, -0.2) is 60.3 Å². The first-order valence-corrected chi connectivity index (χ1v) is 15.9. The molecule has 1 N–H and O–H groups in total. The quantitative estimate of drug-likeness (QED) is 0.115. The van der Waals surface area contributed by atoms with Crippen LogP contribution in [0, 0.1) is 0 Å². The van der Waals surface area contributed by atoms with Gasteiger partial charge in [0.2, 0.25) is 0 Å². The second-order valence-corrected chi connectivity index (χ2v) is 12.0. The zero-order chi connectivity index (χ0) is 32.3. The smallest absolute Gasteiger partial charge is 0.340 e. The number of ether oxygens (including phenoxy) is 2. The van der Waals surface area contributed by atoms with Crippen LogP contribution in [0.15, 0.2) is 109 Å². The fourth-order valence-electron chi connectivity index (χ4n) is 6.02. The topological polar surface area (TPSA) is 62.2 Å². The number of carbonyl (C=O) groups is 1. The van der Waals surface area contributed by atoms with Gasteiger partial charge in [-0.25, -0.2) is 4.79 Å². The molecule has 0 saturated carbocycles. The predicted octanol–water partition coefficient (Wildman–Crippen LogP) is 7.84. The van der Waals surface area contributed by atoms with Gasteiger partial charge in [0.25, 0.3) is 0 Å². The van der Waals surface area contributed by atoms with Crippen LogP contribution in [0.2, 0.25) is 0 Å². The lowest BCUT2D eigenvalue weighted by Crippen LogP contribution is -2.54. The Balaban J connectivity index is 1.49. The van der Waals surface area contributed by atoms with Gasteiger partial charge in [-0.05, 0) is 48.1 Å². The summed E-state index contributed by atoms with van der Waals surface area (Å²) in [5.41, 5.74) is 5.95. The van der Waals surface area contributed by atoms with Crippen LogP contribution in [0.25, 0.3) is 12.2 Å². The Morgan fingerprint density at radius 2 is 1.54 bits per heavy atom. The summed E-state index contributed by atoms with van der Waals surface area (Å²) in [6, 6.07) is 32.7. The maximum Gasteiger partial charge on any atom is 0.340 e. The molecule has 1 heterocycles. The first-order chi connectivity index (χ1) is 22.4. The van der Waals surface area contributed by atoms with Gasteiger partial charge in [0.15, 0.2) is 0 Å². The molecule has 0 amide bonds. The first-order valence-electron chi connectivity index (χ1n) is 15.9. The third-order valence-electron chi connectivity index (χ3n) is 8.45. The van der Waals surface area contributed by atoms with Gasteiger partial charge >= 0.3 is 5.97 Å². The van der Waals surface area contributed by atoms with Crippen LogP contribution < -0.4 is 9.47 Å². The third kappa shape index (κ3) is 8.75. The summed E-state index contributed by atoms with van der Waals surface area (Å²) >= 11 is 0. The number of carboxylic acid groups (broad SMARTS) is 1. The van der Waals surface area contributed by atoms with E-state index in [1.54, 1.807) is 7.11 Å². The molecule has 1 aliphatic rings. The number of allylic oxidation sites excluding steroid dienone is 1. The highest BCUT2D eigenvalue weighted by molar-refractivity contribution is 5.97. The molecule has 6 nitrogen and oxygen atoms in total. The Morgan fingerprint density at radius 3 is 2.15 bits per heavy atom. The Labute approximate surface area is 273 Å². The molecule has 1 saturated heterocycles. The number of carboxylic acids is 1. The molecule has 0 aliphatic carbocycles. The summed E-state index contributed by atoms with van der Waals surface area (Å²) < 4.78 is 12.6. The molecule has 0 aromatic heterocycles. The minimum absolute atomic E-state index is 0.0443. The van der Waals surface area contributed by atoms with E-state index in [9.17, 15) is 9.90 Å². The van der Waals surface area contributed by atoms with E-state index < -0.39 is 5.97 Å². The molecule has 5 rings (SSSR count). The third-order valence-corrected chi connectivity index (χ3v) is 8.45. The molecular formula is C40H44N2O4. The number of benzene rings is 4. The van der Waals surface area contributed by atoms with Crippen molar-refractivity contribution in [3.8, 4) is 11.5 Å². The summed E-state index contributed by atoms with van der Waals surface area (Å²) in [6.45, 7) is 10.7. The minimum atomic E-state index is -1.03. The van der Waals surface area contributed by atoms with Crippen LogP contribution in [0.1, 0.15) is 51.5 Å². The molecule has 1 fully saturated rings. The first kappa shape index (κ1) is 32.7. The standard InChI is InChI=1S/C40H44N2O4/c1-30(2)19-22-36-37(45-3)25-34(21-20-31-13-7-4-8-14-31)38(40(43)44)39(36)46-29-35-28-41(26-32-15-9-5-10-16-32)23-24-42(35)27-33-17-11-6-12-18-33/h4-18,20-21,25,35H,1,19,22-24,26-29H2,2-3H3,(H,43,44). The minimum Gasteiger partial charge on any atom is -0.496 e. The van der Waals surface area contributed by atoms with Gasteiger partial charge in [-0.15, -0.1) is 6.58 Å². The molecular weight excluding hydrogens is 572 g/mol. The van der Waals surface area contributed by atoms with Crippen molar-refractivity contribution in [2.75, 3.05) is 33.4 Å². The predicted molar refractivity (Wildman–Crippen MR) is 186 cm³/mol. The van der Waals surface area contributed by atoms with Gasteiger partial charge in [0, 0.05) is 38.3 Å². The van der Waals surface area contributed by atoms with Crippen LogP contribution in [0.3, 0.4) is 0 Å². The van der Waals surface area contributed by atoms with Crippen molar-refractivity contribution in [1.82, 2.24) is 9.80 Å². The Morgan fingerprint density at radius 1 is 0.913 bits per heavy atom. The molecule has 6 heteroatoms. The van der Waals surface area contributed by atoms with E-state index in [2.05, 4.69) is 64.9 Å². The van der Waals surface area contributed by atoms with Gasteiger partial charge in [0.05, 0.1) is 13.2 Å². The lowest BCUT2D eigenvalue weighted by atomic mass is 9.96. The number of hydrogen-bond acceptors (Lipinski definition) is 5. The fraction of sp³-hybridized carbons (Fsp3) is 0.275. The van der Waals surface area contributed by atoms with Crippen LogP contribution in [0.4, 0.5) is 0 Å². The SMILES string of the molecule is C=C(C)CCc1c(OC)cc(C=Cc2ccccc2)c(C(=O)O)c1OCC1CN(Cc2ccccc2)CCN1Cc1ccccc1. The van der Waals surface area contributed by atoms with Crippen LogP contribution in [0.5, 0.6) is 11.5 Å². The number of methoxy groups -OCH3 is 1. The van der Waals surface area contributed by atoms with E-state index in [1.807, 2.05) is 67.6 Å². The van der Waals surface area contributed by atoms with Crippen molar-refractivity contribution in [3.05, 3.63) is 143 Å². The number of rotatable bonds is 14. The summed E-state index contributed by atoms with van der Waals surface area (Å²) in [7, 11) is 1.62. The average molecular weight is 617 g/mol. The van der Waals surface area contributed by atoms with Crippen LogP contribution in [-0.2, 0) is 19.5 Å². The van der Waals surface area contributed by atoms with Crippen molar-refractivity contribution < 1.29 is 19.4 Å². The van der Waals surface area contributed by atoms with Crippen molar-refractivity contribution in [3.63, 3.8) is 0 Å². The fourth-order valence-corrected chi connectivity index (χ4v) is 6.02. The van der Waals surface area contributed by atoms with Gasteiger partial charge in [0.1, 0.15) is 23.7 Å². The van der Waals surface area contributed by atoms with Crippen molar-refractivity contribution in [1.29, 1.82) is 0 Å². The molecule has 1 unspecified atom stereocenters. The zero-order valence-corrected chi connectivity index (χ0v) is 26.9. The molecule has 0 spiro atoms. The summed E-state index contributed by atoms with van der Waals surface area (Å²) in [4.78, 5) is 17.9. The van der Waals surface area contributed by atoms with E-state index in [-0.39, 0.29) is 11.6 Å². The number of piperazine rings is 1. The normalized spacial score (nSPS) is 15.6. The van der Waals surface area contributed by atoms with Gasteiger partial charge in [-0.2, -0.15) is 0 Å². The highest BCUT2D eigenvalue weighted by atomic mass is 16.5. The Kier molecular flexibility index (Phi) is 11.4. The van der Waals surface area contributed by atoms with Gasteiger partial charge in [-0.3, -0.25) is 9.80 Å². The Hall–Kier alpha value is -4.65. The second kappa shape index (κ2) is 16.1. The van der Waals surface area contributed by atoms with Crippen molar-refractivity contribution >= 4 is 18.1 Å². The molecule has 1 aliphatic heterocycles. The molecule has 238 valence electrons. The lowest BCUT2D eigenvalue weighted by molar-refractivity contribution is 0.0367. The summed E-state index contributed by atoms with van der Waals surface area (Å²) in [6.07, 6.45) is 5.01. The lowest BCUT2D eigenvalue weighted by Gasteiger charge is -2.41. The highest BCUT2D eigenvalue weighted by Crippen LogP contribution is 2.38. The van der Waals surface area contributed by atoms with E-state index in [0.29, 0.717) is 36.5 Å². The van der Waals surface area contributed by atoms with Gasteiger partial charge < -0.3 is 14.6 Å². The summed E-state index contributed by atoms with van der Waals surface area (Å²) in [5, 5.41) is 10.6. The van der Waals surface area contributed by atoms with E-state index in [0.717, 1.165) is 49.4 Å². The van der Waals surface area contributed by atoms with Crippen LogP contribution >= 0.6 is 0 Å². The molecule has 4 aromatic carbocycles. The number of nitrogens with zero attached hydrogens (tertiary/aromatic N) is 2. The average Bonchev–Trinajstić information content (AvgIpc) is 3.07. The highest BCUT2D eigenvalue weighted by Gasteiger charge is 2.30. The molecule has 46 heavy (non-hydrogen) atoms. The molecule has 0 radical (unpaired) electrons. The van der Waals surface area contributed by atoms with Crippen molar-refractivity contribution in [2.24, 2.45) is 0 Å². The van der Waals surface area contributed by atoms with E-state index in [1.165, 1.54) is 11.1 Å². The monoisotopic (exact) mass is 616 g/mol. The molecule has 4 aromatic rings. The Bertz CT molecular complexity index is 1620. The zero-order valence-electron chi connectivity index (χ0n) is 26.9. The largest absolute Gasteiger partial charge is 0.496 e. The number of hydrogen-bond donors (Lipinski definition) is 1. The maximum atomic E-state index is 13.0. The van der Waals surface area contributed by atoms with E-state index >= 15 is 0 Å². The summed E-state index contributed by atoms with van der Waals surface area (Å²) in [5.74, 6) is -0.0393. The van der Waals surface area contributed by atoms with E-state index in [4.69, 9.17) is 9.47 Å². The number of aromatic carboxylic acids is 1. The molecule has 0 bridgehead atoms. The molecule has 1 atom stereocenters.